The first-order chi connectivity index (χ1) is 12.0. The summed E-state index contributed by atoms with van der Waals surface area (Å²) in [6.45, 7) is 5.34. The Hall–Kier alpha value is -2.12. The van der Waals surface area contributed by atoms with Crippen molar-refractivity contribution in [3.63, 3.8) is 0 Å². The highest BCUT2D eigenvalue weighted by molar-refractivity contribution is 7.13. The average Bonchev–Trinajstić information content (AvgIpc) is 3.21. The van der Waals surface area contributed by atoms with Crippen molar-refractivity contribution < 1.29 is 19.4 Å². The smallest absolute Gasteiger partial charge is 0.307 e. The molecule has 1 aromatic heterocycles. The Morgan fingerprint density at radius 2 is 2.16 bits per heavy atom. The highest BCUT2D eigenvalue weighted by Gasteiger charge is 2.19. The van der Waals surface area contributed by atoms with Crippen LogP contribution < -0.4 is 14.8 Å². The Kier molecular flexibility index (Phi) is 5.55. The van der Waals surface area contributed by atoms with Gasteiger partial charge in [0.1, 0.15) is 5.01 Å². The summed E-state index contributed by atoms with van der Waals surface area (Å²) >= 11 is 1.56. The van der Waals surface area contributed by atoms with Gasteiger partial charge in [0.2, 0.25) is 6.79 Å². The molecule has 134 valence electrons. The van der Waals surface area contributed by atoms with Gasteiger partial charge in [0.15, 0.2) is 11.5 Å². The van der Waals surface area contributed by atoms with E-state index < -0.39 is 5.97 Å². The van der Waals surface area contributed by atoms with Crippen LogP contribution in [0.3, 0.4) is 0 Å². The molecule has 2 N–H and O–H groups in total. The molecule has 1 aliphatic heterocycles. The molecule has 1 atom stereocenters. The largest absolute Gasteiger partial charge is 0.481 e. The lowest BCUT2D eigenvalue weighted by molar-refractivity contribution is -0.142. The molecule has 6 nitrogen and oxygen atoms in total. The summed E-state index contributed by atoms with van der Waals surface area (Å²) in [5, 5.41) is 15.4. The van der Waals surface area contributed by atoms with Gasteiger partial charge in [-0.05, 0) is 30.5 Å². The molecule has 7 heteroatoms. The van der Waals surface area contributed by atoms with E-state index in [-0.39, 0.29) is 12.7 Å². The monoisotopic (exact) mass is 362 g/mol. The number of rotatable bonds is 8. The second-order valence-electron chi connectivity index (χ2n) is 6.51. The van der Waals surface area contributed by atoms with Crippen molar-refractivity contribution in [1.82, 2.24) is 10.3 Å². The van der Waals surface area contributed by atoms with Crippen molar-refractivity contribution in [1.29, 1.82) is 0 Å². The number of aliphatic carboxylic acids is 1. The van der Waals surface area contributed by atoms with Gasteiger partial charge in [0, 0.05) is 24.0 Å². The molecule has 1 aliphatic rings. The van der Waals surface area contributed by atoms with Gasteiger partial charge in [-0.25, -0.2) is 4.98 Å². The Labute approximate surface area is 150 Å². The van der Waals surface area contributed by atoms with Gasteiger partial charge < -0.3 is 19.9 Å². The Morgan fingerprint density at radius 3 is 2.92 bits per heavy atom. The number of ether oxygens (including phenoxy) is 2. The molecular weight excluding hydrogens is 340 g/mol. The van der Waals surface area contributed by atoms with Gasteiger partial charge in [-0.2, -0.15) is 0 Å². The van der Waals surface area contributed by atoms with Crippen molar-refractivity contribution in [2.45, 2.75) is 26.8 Å². The lowest BCUT2D eigenvalue weighted by Gasteiger charge is -2.14. The van der Waals surface area contributed by atoms with Crippen molar-refractivity contribution in [2.75, 3.05) is 13.3 Å². The van der Waals surface area contributed by atoms with E-state index in [1.165, 1.54) is 0 Å². The maximum Gasteiger partial charge on any atom is 0.307 e. The normalized spacial score (nSPS) is 14.0. The van der Waals surface area contributed by atoms with Crippen molar-refractivity contribution in [3.05, 3.63) is 29.3 Å². The third kappa shape index (κ3) is 4.49. The summed E-state index contributed by atoms with van der Waals surface area (Å²) in [6.07, 6.45) is 0.668. The van der Waals surface area contributed by atoms with E-state index in [9.17, 15) is 9.90 Å². The molecule has 3 rings (SSSR count). The third-order valence-electron chi connectivity index (χ3n) is 3.97. The molecular formula is C18H22N2O4S. The maximum absolute atomic E-state index is 11.3. The number of benzene rings is 1. The third-order valence-corrected chi connectivity index (χ3v) is 4.91. The van der Waals surface area contributed by atoms with E-state index in [0.29, 0.717) is 25.4 Å². The van der Waals surface area contributed by atoms with Gasteiger partial charge >= 0.3 is 5.97 Å². The van der Waals surface area contributed by atoms with Crippen molar-refractivity contribution in [2.24, 2.45) is 11.8 Å². The summed E-state index contributed by atoms with van der Waals surface area (Å²) in [4.78, 5) is 15.9. The Morgan fingerprint density at radius 1 is 1.36 bits per heavy atom. The van der Waals surface area contributed by atoms with Crippen LogP contribution in [0.15, 0.2) is 23.6 Å². The number of carboxylic acid groups (broad SMARTS) is 1. The number of nitrogens with zero attached hydrogens (tertiary/aromatic N) is 1. The first-order valence-electron chi connectivity index (χ1n) is 8.31. The fraction of sp³-hybridized carbons (Fsp3) is 0.444. The number of nitrogens with one attached hydrogen (secondary N) is 1. The van der Waals surface area contributed by atoms with Crippen LogP contribution in [0.5, 0.6) is 11.5 Å². The lowest BCUT2D eigenvalue weighted by Crippen LogP contribution is -2.29. The van der Waals surface area contributed by atoms with E-state index in [2.05, 4.69) is 10.3 Å². The van der Waals surface area contributed by atoms with Crippen LogP contribution in [-0.2, 0) is 11.3 Å². The van der Waals surface area contributed by atoms with Gasteiger partial charge in [0.05, 0.1) is 11.6 Å². The van der Waals surface area contributed by atoms with Crippen LogP contribution >= 0.6 is 11.3 Å². The van der Waals surface area contributed by atoms with Gasteiger partial charge in [-0.1, -0.05) is 13.8 Å². The average molecular weight is 362 g/mol. The molecule has 0 spiro atoms. The number of fused-ring (bicyclic) bond motifs is 1. The zero-order chi connectivity index (χ0) is 17.8. The van der Waals surface area contributed by atoms with E-state index >= 15 is 0 Å². The summed E-state index contributed by atoms with van der Waals surface area (Å²) < 4.78 is 10.7. The van der Waals surface area contributed by atoms with Crippen LogP contribution in [0, 0.1) is 11.8 Å². The van der Waals surface area contributed by atoms with Gasteiger partial charge in [-0.3, -0.25) is 4.79 Å². The number of aromatic nitrogens is 1. The number of hydrogen-bond acceptors (Lipinski definition) is 6. The van der Waals surface area contributed by atoms with E-state index in [1.54, 1.807) is 11.3 Å². The lowest BCUT2D eigenvalue weighted by atomic mass is 9.97. The molecule has 0 fully saturated rings. The molecule has 0 radical (unpaired) electrons. The number of carbonyl (C=O) groups is 1. The predicted molar refractivity (Wildman–Crippen MR) is 96.0 cm³/mol. The van der Waals surface area contributed by atoms with Gasteiger partial charge in [-0.15, -0.1) is 11.3 Å². The molecule has 0 aliphatic carbocycles. The van der Waals surface area contributed by atoms with Crippen LogP contribution in [0.4, 0.5) is 0 Å². The molecule has 1 unspecified atom stereocenters. The standard InChI is InChI=1S/C18H22N2O4S/c1-11(2)5-13(18(21)22)7-19-8-14-9-25-17(20-14)12-3-4-15-16(6-12)24-10-23-15/h3-4,6,9,11,13,19H,5,7-8,10H2,1-2H3,(H,21,22). The summed E-state index contributed by atoms with van der Waals surface area (Å²) in [5.74, 6) is 0.740. The molecule has 0 amide bonds. The van der Waals surface area contributed by atoms with E-state index in [0.717, 1.165) is 27.8 Å². The highest BCUT2D eigenvalue weighted by Crippen LogP contribution is 2.36. The zero-order valence-corrected chi connectivity index (χ0v) is 15.1. The second kappa shape index (κ2) is 7.84. The number of carboxylic acids is 1. The van der Waals surface area contributed by atoms with E-state index in [4.69, 9.17) is 9.47 Å². The highest BCUT2D eigenvalue weighted by atomic mass is 32.1. The molecule has 0 saturated carbocycles. The molecule has 25 heavy (non-hydrogen) atoms. The van der Waals surface area contributed by atoms with Crippen LogP contribution in [0.25, 0.3) is 10.6 Å². The van der Waals surface area contributed by atoms with E-state index in [1.807, 2.05) is 37.4 Å². The SMILES string of the molecule is CC(C)CC(CNCc1csc(-c2ccc3c(c2)OCO3)n1)C(=O)O. The second-order valence-corrected chi connectivity index (χ2v) is 7.37. The van der Waals surface area contributed by atoms with Crippen LogP contribution in [-0.4, -0.2) is 29.4 Å². The fourth-order valence-electron chi connectivity index (χ4n) is 2.77. The van der Waals surface area contributed by atoms with Crippen LogP contribution in [0.2, 0.25) is 0 Å². The Bertz CT molecular complexity index is 744. The van der Waals surface area contributed by atoms with Crippen molar-refractivity contribution >= 4 is 17.3 Å². The minimum atomic E-state index is -0.750. The fourth-order valence-corrected chi connectivity index (χ4v) is 3.58. The summed E-state index contributed by atoms with van der Waals surface area (Å²) in [7, 11) is 0. The predicted octanol–water partition coefficient (Wildman–Crippen LogP) is 3.38. The topological polar surface area (TPSA) is 80.7 Å². The minimum absolute atomic E-state index is 0.257. The zero-order valence-electron chi connectivity index (χ0n) is 14.3. The van der Waals surface area contributed by atoms with Crippen molar-refractivity contribution in [3.8, 4) is 22.1 Å². The first kappa shape index (κ1) is 17.7. The Balaban J connectivity index is 1.57. The van der Waals surface area contributed by atoms with Gasteiger partial charge in [0.25, 0.3) is 0 Å². The number of hydrogen-bond donors (Lipinski definition) is 2. The molecule has 2 aromatic rings. The number of thiazole rings is 1. The molecule has 1 aromatic carbocycles. The maximum atomic E-state index is 11.3. The van der Waals surface area contributed by atoms with Crippen LogP contribution in [0.1, 0.15) is 26.0 Å². The summed E-state index contributed by atoms with van der Waals surface area (Å²) in [6, 6.07) is 5.79. The quantitative estimate of drug-likeness (QED) is 0.749. The molecule has 0 saturated heterocycles. The summed E-state index contributed by atoms with van der Waals surface area (Å²) in [5.41, 5.74) is 1.90. The molecule has 0 bridgehead atoms. The minimum Gasteiger partial charge on any atom is -0.481 e. The first-order valence-corrected chi connectivity index (χ1v) is 9.19. The molecule has 2 heterocycles.